The second-order valence-electron chi connectivity index (χ2n) is 4.35. The van der Waals surface area contributed by atoms with Crippen molar-refractivity contribution in [1.29, 1.82) is 0 Å². The molecule has 1 aliphatic heterocycles. The Bertz CT molecular complexity index is 501. The number of anilines is 1. The minimum atomic E-state index is -1.11. The SMILES string of the molecule is Cc1cnc(C(=O)O)cc1N1CCC[C@H]1C(=O)O. The van der Waals surface area contributed by atoms with E-state index in [-0.39, 0.29) is 5.69 Å². The van der Waals surface area contributed by atoms with Gasteiger partial charge in [-0.3, -0.25) is 0 Å². The standard InChI is InChI=1S/C12H14N2O4/c1-7-6-13-8(11(15)16)5-10(7)14-4-2-3-9(14)12(17)18/h5-6,9H,2-4H2,1H3,(H,15,16)(H,17,18)/t9-/m0/s1. The fourth-order valence-electron chi connectivity index (χ4n) is 2.25. The number of hydrogen-bond acceptors (Lipinski definition) is 4. The summed E-state index contributed by atoms with van der Waals surface area (Å²) in [6.07, 6.45) is 2.84. The highest BCUT2D eigenvalue weighted by molar-refractivity contribution is 5.87. The summed E-state index contributed by atoms with van der Waals surface area (Å²) in [4.78, 5) is 27.6. The first-order valence-corrected chi connectivity index (χ1v) is 5.70. The third kappa shape index (κ3) is 2.13. The van der Waals surface area contributed by atoms with Crippen LogP contribution < -0.4 is 4.90 Å². The van der Waals surface area contributed by atoms with Crippen molar-refractivity contribution in [3.63, 3.8) is 0 Å². The third-order valence-electron chi connectivity index (χ3n) is 3.14. The Hall–Kier alpha value is -2.11. The van der Waals surface area contributed by atoms with Gasteiger partial charge in [0.25, 0.3) is 0 Å². The van der Waals surface area contributed by atoms with E-state index in [2.05, 4.69) is 4.98 Å². The van der Waals surface area contributed by atoms with Crippen LogP contribution in [0.1, 0.15) is 28.9 Å². The van der Waals surface area contributed by atoms with Gasteiger partial charge < -0.3 is 15.1 Å². The largest absolute Gasteiger partial charge is 0.480 e. The first kappa shape index (κ1) is 12.3. The molecule has 18 heavy (non-hydrogen) atoms. The number of aliphatic carboxylic acids is 1. The fourth-order valence-corrected chi connectivity index (χ4v) is 2.25. The molecule has 1 aromatic rings. The predicted molar refractivity (Wildman–Crippen MR) is 63.9 cm³/mol. The van der Waals surface area contributed by atoms with E-state index in [9.17, 15) is 9.59 Å². The van der Waals surface area contributed by atoms with Gasteiger partial charge in [0.1, 0.15) is 11.7 Å². The Morgan fingerprint density at radius 2 is 2.17 bits per heavy atom. The van der Waals surface area contributed by atoms with Gasteiger partial charge in [0.15, 0.2) is 0 Å². The molecule has 6 heteroatoms. The molecule has 1 fully saturated rings. The Labute approximate surface area is 104 Å². The Morgan fingerprint density at radius 1 is 1.44 bits per heavy atom. The minimum Gasteiger partial charge on any atom is -0.480 e. The van der Waals surface area contributed by atoms with E-state index in [4.69, 9.17) is 10.2 Å². The highest BCUT2D eigenvalue weighted by atomic mass is 16.4. The van der Waals surface area contributed by atoms with Gasteiger partial charge in [-0.05, 0) is 31.4 Å². The molecule has 1 aliphatic rings. The lowest BCUT2D eigenvalue weighted by molar-refractivity contribution is -0.138. The maximum absolute atomic E-state index is 11.1. The molecule has 0 unspecified atom stereocenters. The Morgan fingerprint density at radius 3 is 2.78 bits per heavy atom. The van der Waals surface area contributed by atoms with Gasteiger partial charge in [-0.1, -0.05) is 0 Å². The van der Waals surface area contributed by atoms with E-state index in [1.807, 2.05) is 0 Å². The number of carboxylic acid groups (broad SMARTS) is 2. The lowest BCUT2D eigenvalue weighted by Crippen LogP contribution is -2.36. The van der Waals surface area contributed by atoms with Crippen LogP contribution in [0.15, 0.2) is 12.3 Å². The quantitative estimate of drug-likeness (QED) is 0.836. The number of aromatic carboxylic acids is 1. The maximum atomic E-state index is 11.1. The third-order valence-corrected chi connectivity index (χ3v) is 3.14. The zero-order valence-corrected chi connectivity index (χ0v) is 9.96. The topological polar surface area (TPSA) is 90.7 Å². The van der Waals surface area contributed by atoms with Gasteiger partial charge in [0, 0.05) is 18.4 Å². The Kier molecular flexibility index (Phi) is 3.18. The van der Waals surface area contributed by atoms with Gasteiger partial charge in [-0.25, -0.2) is 14.6 Å². The molecule has 6 nitrogen and oxygen atoms in total. The molecule has 1 saturated heterocycles. The number of aryl methyl sites for hydroxylation is 1. The second kappa shape index (κ2) is 4.64. The van der Waals surface area contributed by atoms with Crippen LogP contribution in [0.2, 0.25) is 0 Å². The number of aromatic nitrogens is 1. The Balaban J connectivity index is 2.40. The average molecular weight is 250 g/mol. The highest BCUT2D eigenvalue weighted by Crippen LogP contribution is 2.28. The van der Waals surface area contributed by atoms with Crippen molar-refractivity contribution in [3.8, 4) is 0 Å². The van der Waals surface area contributed by atoms with Crippen LogP contribution in [0, 0.1) is 6.92 Å². The summed E-state index contributed by atoms with van der Waals surface area (Å²) in [5.41, 5.74) is 1.37. The summed E-state index contributed by atoms with van der Waals surface area (Å²) in [5, 5.41) is 18.1. The molecule has 96 valence electrons. The number of nitrogens with zero attached hydrogens (tertiary/aromatic N) is 2. The van der Waals surface area contributed by atoms with Gasteiger partial charge in [0.05, 0.1) is 0 Å². The van der Waals surface area contributed by atoms with Crippen molar-refractivity contribution in [2.45, 2.75) is 25.8 Å². The van der Waals surface area contributed by atoms with Crippen LogP contribution in [0.25, 0.3) is 0 Å². The molecule has 0 aromatic carbocycles. The predicted octanol–water partition coefficient (Wildman–Crippen LogP) is 1.14. The lowest BCUT2D eigenvalue weighted by atomic mass is 10.1. The molecule has 0 aliphatic carbocycles. The maximum Gasteiger partial charge on any atom is 0.354 e. The van der Waals surface area contributed by atoms with Gasteiger partial charge in [-0.2, -0.15) is 0 Å². The molecule has 1 atom stereocenters. The minimum absolute atomic E-state index is 0.0633. The van der Waals surface area contributed by atoms with E-state index in [1.54, 1.807) is 11.8 Å². The molecule has 0 amide bonds. The van der Waals surface area contributed by atoms with E-state index in [0.29, 0.717) is 18.7 Å². The molecule has 2 rings (SSSR count). The monoisotopic (exact) mass is 250 g/mol. The number of carboxylic acids is 2. The van der Waals surface area contributed by atoms with Crippen molar-refractivity contribution in [2.24, 2.45) is 0 Å². The molecule has 0 spiro atoms. The first-order valence-electron chi connectivity index (χ1n) is 5.70. The summed E-state index contributed by atoms with van der Waals surface area (Å²) in [7, 11) is 0. The van der Waals surface area contributed by atoms with E-state index < -0.39 is 18.0 Å². The van der Waals surface area contributed by atoms with Crippen molar-refractivity contribution >= 4 is 17.6 Å². The molecular weight excluding hydrogens is 236 g/mol. The summed E-state index contributed by atoms with van der Waals surface area (Å²) in [6.45, 7) is 2.42. The molecular formula is C12H14N2O4. The summed E-state index contributed by atoms with van der Waals surface area (Å²) < 4.78 is 0. The number of carbonyl (C=O) groups is 2. The zero-order chi connectivity index (χ0) is 13.3. The number of pyridine rings is 1. The van der Waals surface area contributed by atoms with Crippen LogP contribution in [0.3, 0.4) is 0 Å². The van der Waals surface area contributed by atoms with E-state index in [0.717, 1.165) is 12.0 Å². The summed E-state index contributed by atoms with van der Waals surface area (Å²) >= 11 is 0. The average Bonchev–Trinajstić information content (AvgIpc) is 2.78. The number of hydrogen-bond donors (Lipinski definition) is 2. The molecule has 2 heterocycles. The van der Waals surface area contributed by atoms with Crippen molar-refractivity contribution in [2.75, 3.05) is 11.4 Å². The van der Waals surface area contributed by atoms with Crippen LogP contribution in [-0.2, 0) is 4.79 Å². The zero-order valence-electron chi connectivity index (χ0n) is 9.96. The smallest absolute Gasteiger partial charge is 0.354 e. The van der Waals surface area contributed by atoms with Crippen molar-refractivity contribution < 1.29 is 19.8 Å². The van der Waals surface area contributed by atoms with Gasteiger partial charge >= 0.3 is 11.9 Å². The fraction of sp³-hybridized carbons (Fsp3) is 0.417. The molecule has 2 N–H and O–H groups in total. The number of rotatable bonds is 3. The van der Waals surface area contributed by atoms with Crippen LogP contribution >= 0.6 is 0 Å². The normalized spacial score (nSPS) is 18.9. The van der Waals surface area contributed by atoms with E-state index in [1.165, 1.54) is 12.3 Å². The van der Waals surface area contributed by atoms with Crippen LogP contribution in [0.4, 0.5) is 5.69 Å². The van der Waals surface area contributed by atoms with Crippen molar-refractivity contribution in [1.82, 2.24) is 4.98 Å². The summed E-state index contributed by atoms with van der Waals surface area (Å²) in [5.74, 6) is -1.98. The first-order chi connectivity index (χ1) is 8.50. The van der Waals surface area contributed by atoms with E-state index >= 15 is 0 Å². The summed E-state index contributed by atoms with van der Waals surface area (Å²) in [6, 6.07) is 0.867. The van der Waals surface area contributed by atoms with Crippen LogP contribution in [0.5, 0.6) is 0 Å². The van der Waals surface area contributed by atoms with Gasteiger partial charge in [-0.15, -0.1) is 0 Å². The second-order valence-corrected chi connectivity index (χ2v) is 4.35. The molecule has 0 saturated carbocycles. The molecule has 1 aromatic heterocycles. The van der Waals surface area contributed by atoms with Crippen molar-refractivity contribution in [3.05, 3.63) is 23.5 Å². The van der Waals surface area contributed by atoms with Crippen LogP contribution in [-0.4, -0.2) is 39.7 Å². The van der Waals surface area contributed by atoms with Gasteiger partial charge in [0.2, 0.25) is 0 Å². The molecule has 0 radical (unpaired) electrons. The highest BCUT2D eigenvalue weighted by Gasteiger charge is 2.31. The molecule has 0 bridgehead atoms. The lowest BCUT2D eigenvalue weighted by Gasteiger charge is -2.25.